The second kappa shape index (κ2) is 16.8. The molecule has 134 valence electrons. The van der Waals surface area contributed by atoms with Crippen molar-refractivity contribution in [3.63, 3.8) is 0 Å². The van der Waals surface area contributed by atoms with E-state index in [4.69, 9.17) is 9.84 Å². The standard InChI is InChI=1S/C16H30O2.C3H4O2/c1-5-7-11-15(6-2)12-9-8-10-13-18-16(17)14(3)4;1-2-3(4)5/h15H,3,5-13H2,1-2,4H3;2H,1H2,(H,4,5). The van der Waals surface area contributed by atoms with Crippen molar-refractivity contribution in [1.29, 1.82) is 0 Å². The second-order valence-corrected chi connectivity index (χ2v) is 5.72. The molecule has 4 nitrogen and oxygen atoms in total. The van der Waals surface area contributed by atoms with Crippen LogP contribution in [0.4, 0.5) is 0 Å². The van der Waals surface area contributed by atoms with E-state index in [1.807, 2.05) is 0 Å². The Hall–Kier alpha value is -1.58. The minimum atomic E-state index is -0.981. The van der Waals surface area contributed by atoms with E-state index in [9.17, 15) is 9.59 Å². The Morgan fingerprint density at radius 1 is 1.13 bits per heavy atom. The highest BCUT2D eigenvalue weighted by atomic mass is 16.5. The molecule has 0 radical (unpaired) electrons. The van der Waals surface area contributed by atoms with Gasteiger partial charge in [-0.15, -0.1) is 0 Å². The number of hydrogen-bond donors (Lipinski definition) is 1. The van der Waals surface area contributed by atoms with Gasteiger partial charge in [0.25, 0.3) is 0 Å². The lowest BCUT2D eigenvalue weighted by Gasteiger charge is -2.13. The monoisotopic (exact) mass is 326 g/mol. The molecule has 0 saturated carbocycles. The number of rotatable bonds is 12. The van der Waals surface area contributed by atoms with Crippen LogP contribution in [0.2, 0.25) is 0 Å². The van der Waals surface area contributed by atoms with Crippen LogP contribution >= 0.6 is 0 Å². The Kier molecular flexibility index (Phi) is 17.3. The van der Waals surface area contributed by atoms with Gasteiger partial charge in [0, 0.05) is 11.6 Å². The average Bonchev–Trinajstić information content (AvgIpc) is 2.53. The maximum absolute atomic E-state index is 11.1. The van der Waals surface area contributed by atoms with E-state index >= 15 is 0 Å². The summed E-state index contributed by atoms with van der Waals surface area (Å²) < 4.78 is 5.06. The summed E-state index contributed by atoms with van der Waals surface area (Å²) in [5, 5.41) is 7.60. The Morgan fingerprint density at radius 2 is 1.70 bits per heavy atom. The highest BCUT2D eigenvalue weighted by molar-refractivity contribution is 5.86. The predicted octanol–water partition coefficient (Wildman–Crippen LogP) is 5.14. The Morgan fingerprint density at radius 3 is 2.13 bits per heavy atom. The first-order valence-electron chi connectivity index (χ1n) is 8.56. The first-order chi connectivity index (χ1) is 10.9. The number of ether oxygens (including phenoxy) is 1. The lowest BCUT2D eigenvalue weighted by Crippen LogP contribution is -2.06. The molecule has 0 aromatic carbocycles. The van der Waals surface area contributed by atoms with E-state index in [2.05, 4.69) is 27.0 Å². The molecule has 1 unspecified atom stereocenters. The first kappa shape index (κ1) is 23.7. The molecule has 4 heteroatoms. The van der Waals surface area contributed by atoms with Crippen molar-refractivity contribution in [2.75, 3.05) is 6.61 Å². The number of aliphatic carboxylic acids is 1. The molecule has 0 bridgehead atoms. The van der Waals surface area contributed by atoms with E-state index in [1.54, 1.807) is 6.92 Å². The molecule has 23 heavy (non-hydrogen) atoms. The molecule has 0 aromatic rings. The average molecular weight is 326 g/mol. The van der Waals surface area contributed by atoms with Gasteiger partial charge in [0.2, 0.25) is 0 Å². The molecule has 1 atom stereocenters. The maximum Gasteiger partial charge on any atom is 0.333 e. The lowest BCUT2D eigenvalue weighted by molar-refractivity contribution is -0.139. The third kappa shape index (κ3) is 18.4. The zero-order chi connectivity index (χ0) is 18.1. The Bertz CT molecular complexity index is 347. The van der Waals surface area contributed by atoms with Crippen molar-refractivity contribution in [2.45, 2.75) is 72.1 Å². The normalized spacial score (nSPS) is 10.9. The summed E-state index contributed by atoms with van der Waals surface area (Å²) in [4.78, 5) is 20.4. The minimum Gasteiger partial charge on any atom is -0.478 e. The summed E-state index contributed by atoms with van der Waals surface area (Å²) in [6.45, 7) is 13.3. The van der Waals surface area contributed by atoms with Gasteiger partial charge in [0.15, 0.2) is 0 Å². The molecular formula is C19H34O4. The quantitative estimate of drug-likeness (QED) is 0.306. The van der Waals surface area contributed by atoms with Crippen LogP contribution in [-0.4, -0.2) is 23.7 Å². The molecule has 0 fully saturated rings. The van der Waals surface area contributed by atoms with Crippen molar-refractivity contribution in [3.05, 3.63) is 24.8 Å². The third-order valence-electron chi connectivity index (χ3n) is 3.56. The number of unbranched alkanes of at least 4 members (excludes halogenated alkanes) is 3. The molecule has 0 aliphatic rings. The summed E-state index contributed by atoms with van der Waals surface area (Å²) in [5.41, 5.74) is 0.487. The minimum absolute atomic E-state index is 0.260. The van der Waals surface area contributed by atoms with Gasteiger partial charge in [-0.1, -0.05) is 72.0 Å². The van der Waals surface area contributed by atoms with Crippen LogP contribution in [-0.2, 0) is 14.3 Å². The Balaban J connectivity index is 0. The number of carbonyl (C=O) groups is 2. The number of carbonyl (C=O) groups excluding carboxylic acids is 1. The number of carboxylic acids is 1. The maximum atomic E-state index is 11.1. The molecule has 0 heterocycles. The van der Waals surface area contributed by atoms with Crippen LogP contribution in [0.15, 0.2) is 24.8 Å². The topological polar surface area (TPSA) is 63.6 Å². The van der Waals surface area contributed by atoms with E-state index in [1.165, 1.54) is 38.5 Å². The number of esters is 1. The van der Waals surface area contributed by atoms with Gasteiger partial charge >= 0.3 is 11.9 Å². The van der Waals surface area contributed by atoms with E-state index in [-0.39, 0.29) is 5.97 Å². The zero-order valence-electron chi connectivity index (χ0n) is 15.1. The molecule has 0 saturated heterocycles. The summed E-state index contributed by atoms with van der Waals surface area (Å²) in [6, 6.07) is 0. The predicted molar refractivity (Wildman–Crippen MR) is 95.4 cm³/mol. The fourth-order valence-corrected chi connectivity index (χ4v) is 2.05. The van der Waals surface area contributed by atoms with Gasteiger partial charge < -0.3 is 9.84 Å². The summed E-state index contributed by atoms with van der Waals surface area (Å²) in [7, 11) is 0. The fourth-order valence-electron chi connectivity index (χ4n) is 2.05. The summed E-state index contributed by atoms with van der Waals surface area (Å²) >= 11 is 0. The molecule has 1 N–H and O–H groups in total. The van der Waals surface area contributed by atoms with Crippen molar-refractivity contribution < 1.29 is 19.4 Å². The van der Waals surface area contributed by atoms with E-state index < -0.39 is 5.97 Å². The van der Waals surface area contributed by atoms with Crippen LogP contribution in [0.3, 0.4) is 0 Å². The van der Waals surface area contributed by atoms with E-state index in [0.717, 1.165) is 24.8 Å². The van der Waals surface area contributed by atoms with Crippen LogP contribution < -0.4 is 0 Å². The van der Waals surface area contributed by atoms with Crippen LogP contribution in [0, 0.1) is 5.92 Å². The fraction of sp³-hybridized carbons (Fsp3) is 0.684. The molecule has 0 spiro atoms. The van der Waals surface area contributed by atoms with E-state index in [0.29, 0.717) is 12.2 Å². The molecular weight excluding hydrogens is 292 g/mol. The van der Waals surface area contributed by atoms with Gasteiger partial charge in [-0.2, -0.15) is 0 Å². The summed E-state index contributed by atoms with van der Waals surface area (Å²) in [5.74, 6) is -0.350. The molecule has 0 aliphatic heterocycles. The largest absolute Gasteiger partial charge is 0.478 e. The van der Waals surface area contributed by atoms with Crippen molar-refractivity contribution >= 4 is 11.9 Å². The van der Waals surface area contributed by atoms with Crippen molar-refractivity contribution in [3.8, 4) is 0 Å². The molecule has 0 rings (SSSR count). The van der Waals surface area contributed by atoms with Crippen LogP contribution in [0.25, 0.3) is 0 Å². The molecule has 0 aromatic heterocycles. The smallest absolute Gasteiger partial charge is 0.333 e. The third-order valence-corrected chi connectivity index (χ3v) is 3.56. The number of carboxylic acid groups (broad SMARTS) is 1. The van der Waals surface area contributed by atoms with Crippen molar-refractivity contribution in [1.82, 2.24) is 0 Å². The summed E-state index contributed by atoms with van der Waals surface area (Å²) in [6.07, 6.45) is 10.9. The van der Waals surface area contributed by atoms with Gasteiger partial charge in [-0.05, 0) is 19.3 Å². The first-order valence-corrected chi connectivity index (χ1v) is 8.56. The van der Waals surface area contributed by atoms with Crippen LogP contribution in [0.5, 0.6) is 0 Å². The van der Waals surface area contributed by atoms with Crippen LogP contribution in [0.1, 0.15) is 72.1 Å². The molecule has 0 amide bonds. The van der Waals surface area contributed by atoms with Crippen molar-refractivity contribution in [2.24, 2.45) is 5.92 Å². The SMILES string of the molecule is C=C(C)C(=O)OCCCCCC(CC)CCCC.C=CC(=O)O. The Labute approximate surface area is 141 Å². The van der Waals surface area contributed by atoms with Gasteiger partial charge in [0.05, 0.1) is 6.61 Å². The van der Waals surface area contributed by atoms with Gasteiger partial charge in [-0.3, -0.25) is 0 Å². The molecule has 0 aliphatic carbocycles. The van der Waals surface area contributed by atoms with Gasteiger partial charge in [0.1, 0.15) is 0 Å². The lowest BCUT2D eigenvalue weighted by atomic mass is 9.93. The second-order valence-electron chi connectivity index (χ2n) is 5.72. The number of hydrogen-bond acceptors (Lipinski definition) is 3. The zero-order valence-corrected chi connectivity index (χ0v) is 15.1. The highest BCUT2D eigenvalue weighted by Crippen LogP contribution is 2.19. The van der Waals surface area contributed by atoms with Gasteiger partial charge in [-0.25, -0.2) is 9.59 Å². The highest BCUT2D eigenvalue weighted by Gasteiger charge is 2.06.